The summed E-state index contributed by atoms with van der Waals surface area (Å²) < 4.78 is 5.67. The van der Waals surface area contributed by atoms with Gasteiger partial charge >= 0.3 is 5.97 Å². The van der Waals surface area contributed by atoms with Gasteiger partial charge in [0.15, 0.2) is 5.58 Å². The molecule has 3 aromatic rings. The first kappa shape index (κ1) is 22.0. The first-order valence-corrected chi connectivity index (χ1v) is 10.5. The van der Waals surface area contributed by atoms with Crippen molar-refractivity contribution in [3.05, 3.63) is 58.0 Å². The first-order valence-electron chi connectivity index (χ1n) is 9.72. The average molecular weight is 426 g/mol. The fourth-order valence-electron chi connectivity index (χ4n) is 3.16. The van der Waals surface area contributed by atoms with Crippen molar-refractivity contribution in [3.8, 4) is 5.75 Å². The summed E-state index contributed by atoms with van der Waals surface area (Å²) in [7, 11) is 0. The minimum absolute atomic E-state index is 0.0898. The number of hydrogen-bond acceptors (Lipinski definition) is 5. The molecule has 0 spiro atoms. The van der Waals surface area contributed by atoms with Crippen molar-refractivity contribution in [2.75, 3.05) is 0 Å². The zero-order chi connectivity index (χ0) is 22.3. The summed E-state index contributed by atoms with van der Waals surface area (Å²) in [5, 5.41) is 20.9. The Kier molecular flexibility index (Phi) is 5.74. The van der Waals surface area contributed by atoms with Crippen LogP contribution >= 0.6 is 11.8 Å². The maximum Gasteiger partial charge on any atom is 0.342 e. The number of carboxylic acids is 1. The lowest BCUT2D eigenvalue weighted by atomic mass is 9.78. The van der Waals surface area contributed by atoms with Crippen LogP contribution < -0.4 is 0 Å². The summed E-state index contributed by atoms with van der Waals surface area (Å²) >= 11 is 0.970. The van der Waals surface area contributed by atoms with Gasteiger partial charge in [0.05, 0.1) is 0 Å². The number of hydrogen-bond donors (Lipinski definition) is 2. The highest BCUT2D eigenvalue weighted by Gasteiger charge is 2.26. The number of para-hydroxylation sites is 2. The Morgan fingerprint density at radius 3 is 2.10 bits per heavy atom. The molecule has 0 saturated carbocycles. The largest absolute Gasteiger partial charge is 0.507 e. The molecule has 0 atom stereocenters. The van der Waals surface area contributed by atoms with Crippen LogP contribution in [0.2, 0.25) is 0 Å². The Hall–Kier alpha value is -2.73. The van der Waals surface area contributed by atoms with Gasteiger partial charge in [0, 0.05) is 11.1 Å². The molecule has 0 saturated heterocycles. The molecule has 0 amide bonds. The summed E-state index contributed by atoms with van der Waals surface area (Å²) in [6, 6.07) is 11.0. The number of nitrogens with zero attached hydrogens (tertiary/aromatic N) is 1. The molecule has 5 nitrogen and oxygen atoms in total. The van der Waals surface area contributed by atoms with Gasteiger partial charge in [-0.25, -0.2) is 9.78 Å². The molecule has 0 radical (unpaired) electrons. The minimum Gasteiger partial charge on any atom is -0.507 e. The third-order valence-corrected chi connectivity index (χ3v) is 5.59. The molecule has 2 aromatic carbocycles. The number of benzene rings is 2. The smallest absolute Gasteiger partial charge is 0.342 e. The SMILES string of the molecule is CC(C)(C)c1cc(/C=C(/Sc2nc3ccccc3o2)C(=O)O)cc(C(C)(C)C)c1O. The maximum absolute atomic E-state index is 11.9. The molecule has 1 heterocycles. The number of rotatable bonds is 4. The molecule has 0 aliphatic rings. The number of fused-ring (bicyclic) bond motifs is 1. The summed E-state index contributed by atoms with van der Waals surface area (Å²) in [5.41, 5.74) is 2.95. The van der Waals surface area contributed by atoms with Crippen molar-refractivity contribution in [2.24, 2.45) is 0 Å². The zero-order valence-corrected chi connectivity index (χ0v) is 18.9. The molecule has 2 N–H and O–H groups in total. The van der Waals surface area contributed by atoms with Crippen LogP contribution in [0.3, 0.4) is 0 Å². The molecule has 6 heteroatoms. The molecule has 0 aliphatic carbocycles. The van der Waals surface area contributed by atoms with Gasteiger partial charge in [0.25, 0.3) is 5.22 Å². The molecular formula is C24H27NO4S. The van der Waals surface area contributed by atoms with Crippen molar-refractivity contribution in [1.82, 2.24) is 4.98 Å². The van der Waals surface area contributed by atoms with Crippen LogP contribution in [0.4, 0.5) is 0 Å². The van der Waals surface area contributed by atoms with Crippen molar-refractivity contribution >= 4 is 34.9 Å². The second kappa shape index (κ2) is 7.84. The predicted octanol–water partition coefficient (Wildman–Crippen LogP) is 6.35. The van der Waals surface area contributed by atoms with E-state index in [1.807, 2.05) is 71.9 Å². The Labute approximate surface area is 180 Å². The monoisotopic (exact) mass is 425 g/mol. The molecular weight excluding hydrogens is 398 g/mol. The van der Waals surface area contributed by atoms with Gasteiger partial charge in [-0.1, -0.05) is 53.7 Å². The third kappa shape index (κ3) is 4.70. The number of aliphatic carboxylic acids is 1. The van der Waals surface area contributed by atoms with E-state index in [-0.39, 0.29) is 26.7 Å². The average Bonchev–Trinajstić information content (AvgIpc) is 3.02. The van der Waals surface area contributed by atoms with E-state index in [4.69, 9.17) is 4.42 Å². The summed E-state index contributed by atoms with van der Waals surface area (Å²) in [5.74, 6) is -0.805. The number of phenols is 1. The lowest BCUT2D eigenvalue weighted by molar-refractivity contribution is -0.131. The van der Waals surface area contributed by atoms with Gasteiger partial charge in [-0.2, -0.15) is 0 Å². The third-order valence-electron chi connectivity index (χ3n) is 4.73. The summed E-state index contributed by atoms with van der Waals surface area (Å²) in [6.07, 6.45) is 1.60. The molecule has 1 aromatic heterocycles. The number of aromatic nitrogens is 1. The van der Waals surface area contributed by atoms with Crippen LogP contribution in [0.15, 0.2) is 50.9 Å². The summed E-state index contributed by atoms with van der Waals surface area (Å²) in [6.45, 7) is 12.1. The second-order valence-corrected chi connectivity index (χ2v) is 10.3. The number of thioether (sulfide) groups is 1. The van der Waals surface area contributed by atoms with Crippen molar-refractivity contribution in [2.45, 2.75) is 57.6 Å². The molecule has 0 aliphatic heterocycles. The van der Waals surface area contributed by atoms with Crippen molar-refractivity contribution in [1.29, 1.82) is 0 Å². The van der Waals surface area contributed by atoms with Gasteiger partial charge in [-0.3, -0.25) is 0 Å². The van der Waals surface area contributed by atoms with Gasteiger partial charge in [0.2, 0.25) is 0 Å². The zero-order valence-electron chi connectivity index (χ0n) is 18.1. The number of oxazole rings is 1. The molecule has 0 fully saturated rings. The van der Waals surface area contributed by atoms with Gasteiger partial charge in [-0.05, 0) is 58.5 Å². The van der Waals surface area contributed by atoms with E-state index < -0.39 is 5.97 Å². The first-order chi connectivity index (χ1) is 13.9. The molecule has 0 unspecified atom stereocenters. The van der Waals surface area contributed by atoms with Crippen LogP contribution in [0.5, 0.6) is 5.75 Å². The fraction of sp³-hybridized carbons (Fsp3) is 0.333. The number of carboxylic acid groups (broad SMARTS) is 1. The molecule has 158 valence electrons. The van der Waals surface area contributed by atoms with E-state index in [0.29, 0.717) is 16.7 Å². The van der Waals surface area contributed by atoms with Crippen LogP contribution in [0.25, 0.3) is 17.2 Å². The van der Waals surface area contributed by atoms with E-state index in [0.717, 1.165) is 22.9 Å². The Morgan fingerprint density at radius 2 is 1.60 bits per heavy atom. The number of phenolic OH excluding ortho intramolecular Hbond substituents is 1. The van der Waals surface area contributed by atoms with E-state index in [2.05, 4.69) is 4.98 Å². The summed E-state index contributed by atoms with van der Waals surface area (Å²) in [4.78, 5) is 16.4. The number of carbonyl (C=O) groups is 1. The van der Waals surface area contributed by atoms with E-state index >= 15 is 0 Å². The Balaban J connectivity index is 2.09. The van der Waals surface area contributed by atoms with E-state index in [1.54, 1.807) is 12.1 Å². The van der Waals surface area contributed by atoms with E-state index in [1.165, 1.54) is 0 Å². The standard InChI is InChI=1S/C24H27NO4S/c1-23(2,3)15-11-14(12-16(20(15)26)24(4,5)6)13-19(21(27)28)30-22-25-17-9-7-8-10-18(17)29-22/h7-13,26H,1-6H3,(H,27,28)/b19-13+. The van der Waals surface area contributed by atoms with Crippen LogP contribution in [0, 0.1) is 0 Å². The van der Waals surface area contributed by atoms with Crippen LogP contribution in [0.1, 0.15) is 58.2 Å². The lowest BCUT2D eigenvalue weighted by Crippen LogP contribution is -2.17. The minimum atomic E-state index is -1.06. The topological polar surface area (TPSA) is 83.6 Å². The Bertz CT molecular complexity index is 1060. The van der Waals surface area contributed by atoms with Gasteiger partial charge in [0.1, 0.15) is 16.2 Å². The molecule has 30 heavy (non-hydrogen) atoms. The quantitative estimate of drug-likeness (QED) is 0.374. The van der Waals surface area contributed by atoms with Crippen molar-refractivity contribution in [3.63, 3.8) is 0 Å². The highest BCUT2D eigenvalue weighted by molar-refractivity contribution is 8.03. The van der Waals surface area contributed by atoms with E-state index in [9.17, 15) is 15.0 Å². The van der Waals surface area contributed by atoms with Crippen LogP contribution in [-0.2, 0) is 15.6 Å². The fourth-order valence-corrected chi connectivity index (χ4v) is 3.90. The molecule has 3 rings (SSSR count). The molecule has 0 bridgehead atoms. The second-order valence-electron chi connectivity index (χ2n) is 9.33. The number of aromatic hydroxyl groups is 1. The highest BCUT2D eigenvalue weighted by atomic mass is 32.2. The highest BCUT2D eigenvalue weighted by Crippen LogP contribution is 2.41. The maximum atomic E-state index is 11.9. The van der Waals surface area contributed by atoms with Crippen molar-refractivity contribution < 1.29 is 19.4 Å². The lowest BCUT2D eigenvalue weighted by Gasteiger charge is -2.28. The van der Waals surface area contributed by atoms with Gasteiger partial charge in [-0.15, -0.1) is 0 Å². The van der Waals surface area contributed by atoms with Gasteiger partial charge < -0.3 is 14.6 Å². The van der Waals surface area contributed by atoms with Crippen LogP contribution in [-0.4, -0.2) is 21.2 Å². The Morgan fingerprint density at radius 1 is 1.03 bits per heavy atom. The predicted molar refractivity (Wildman–Crippen MR) is 121 cm³/mol. The normalized spacial score (nSPS) is 13.1.